The van der Waals surface area contributed by atoms with E-state index in [-0.39, 0.29) is 17.2 Å². The molecule has 2 heterocycles. The monoisotopic (exact) mass is 258 g/mol. The summed E-state index contributed by atoms with van der Waals surface area (Å²) in [6.45, 7) is 3.54. The van der Waals surface area contributed by atoms with Crippen LogP contribution in [0.1, 0.15) is 19.8 Å². The predicted octanol–water partition coefficient (Wildman–Crippen LogP) is 0.361. The largest absolute Gasteiger partial charge is 0.480 e. The van der Waals surface area contributed by atoms with Gasteiger partial charge in [0.05, 0.1) is 11.3 Å². The summed E-state index contributed by atoms with van der Waals surface area (Å²) in [6.07, 6.45) is 1.86. The summed E-state index contributed by atoms with van der Waals surface area (Å²) in [4.78, 5) is 25.0. The molecule has 0 aromatic heterocycles. The molecule has 5 nitrogen and oxygen atoms in total. The van der Waals surface area contributed by atoms with Crippen LogP contribution in [-0.4, -0.2) is 52.1 Å². The molecule has 17 heavy (non-hydrogen) atoms. The molecule has 1 amide bonds. The van der Waals surface area contributed by atoms with E-state index in [9.17, 15) is 9.59 Å². The van der Waals surface area contributed by atoms with Crippen molar-refractivity contribution in [1.29, 1.82) is 0 Å². The van der Waals surface area contributed by atoms with E-state index in [2.05, 4.69) is 5.32 Å². The van der Waals surface area contributed by atoms with Gasteiger partial charge in [-0.25, -0.2) is 4.79 Å². The molecule has 0 bridgehead atoms. The molecule has 0 radical (unpaired) electrons. The van der Waals surface area contributed by atoms with Gasteiger partial charge in [0.1, 0.15) is 6.04 Å². The summed E-state index contributed by atoms with van der Waals surface area (Å²) in [5.74, 6) is -0.435. The molecule has 0 aliphatic carbocycles. The number of carboxylic acid groups (broad SMARTS) is 1. The number of carbonyl (C=O) groups excluding carboxylic acids is 1. The molecule has 2 saturated heterocycles. The third-order valence-electron chi connectivity index (χ3n) is 3.41. The van der Waals surface area contributed by atoms with Gasteiger partial charge >= 0.3 is 5.97 Å². The number of carbonyl (C=O) groups is 2. The highest BCUT2D eigenvalue weighted by atomic mass is 32.2. The van der Waals surface area contributed by atoms with E-state index in [1.165, 1.54) is 11.8 Å². The number of amides is 1. The fourth-order valence-electron chi connectivity index (χ4n) is 2.44. The lowest BCUT2D eigenvalue weighted by atomic mass is 9.97. The first-order valence-electron chi connectivity index (χ1n) is 5.98. The smallest absolute Gasteiger partial charge is 0.327 e. The van der Waals surface area contributed by atoms with Crippen LogP contribution >= 0.6 is 11.8 Å². The number of hydrogen-bond acceptors (Lipinski definition) is 4. The minimum absolute atomic E-state index is 0.00194. The zero-order chi connectivity index (χ0) is 12.4. The fraction of sp³-hybridized carbons (Fsp3) is 0.818. The first-order valence-corrected chi connectivity index (χ1v) is 7.03. The lowest BCUT2D eigenvalue weighted by Gasteiger charge is -2.31. The van der Waals surface area contributed by atoms with Crippen molar-refractivity contribution < 1.29 is 14.7 Å². The summed E-state index contributed by atoms with van der Waals surface area (Å²) in [5.41, 5.74) is 0. The molecule has 2 rings (SSSR count). The molecule has 6 heteroatoms. The van der Waals surface area contributed by atoms with Gasteiger partial charge in [-0.15, -0.1) is 11.8 Å². The lowest BCUT2D eigenvalue weighted by molar-refractivity contribution is -0.151. The maximum Gasteiger partial charge on any atom is 0.327 e. The van der Waals surface area contributed by atoms with Gasteiger partial charge in [0, 0.05) is 12.3 Å². The van der Waals surface area contributed by atoms with Crippen molar-refractivity contribution in [3.63, 3.8) is 0 Å². The highest BCUT2D eigenvalue weighted by molar-refractivity contribution is 8.00. The second kappa shape index (κ2) is 5.27. The highest BCUT2D eigenvalue weighted by Crippen LogP contribution is 2.31. The molecule has 0 aromatic rings. The Labute approximate surface area is 105 Å². The molecule has 2 N–H and O–H groups in total. The second-order valence-electron chi connectivity index (χ2n) is 4.58. The molecule has 0 spiro atoms. The number of nitrogens with one attached hydrogen (secondary N) is 1. The Morgan fingerprint density at radius 1 is 1.47 bits per heavy atom. The van der Waals surface area contributed by atoms with Crippen molar-refractivity contribution >= 4 is 23.6 Å². The molecule has 0 aromatic carbocycles. The summed E-state index contributed by atoms with van der Waals surface area (Å²) in [5, 5.41) is 12.3. The van der Waals surface area contributed by atoms with E-state index in [0.717, 1.165) is 19.4 Å². The number of rotatable bonds is 2. The quantitative estimate of drug-likeness (QED) is 0.748. The summed E-state index contributed by atoms with van der Waals surface area (Å²) >= 11 is 1.54. The Kier molecular flexibility index (Phi) is 3.93. The zero-order valence-corrected chi connectivity index (χ0v) is 10.7. The normalized spacial score (nSPS) is 33.7. The van der Waals surface area contributed by atoms with Gasteiger partial charge in [-0.1, -0.05) is 0 Å². The van der Waals surface area contributed by atoms with Crippen LogP contribution in [0.5, 0.6) is 0 Å². The van der Waals surface area contributed by atoms with Crippen LogP contribution in [0.4, 0.5) is 0 Å². The topological polar surface area (TPSA) is 69.6 Å². The van der Waals surface area contributed by atoms with Crippen LogP contribution < -0.4 is 5.32 Å². The maximum atomic E-state index is 12.3. The highest BCUT2D eigenvalue weighted by Gasteiger charge is 2.41. The molecule has 0 saturated carbocycles. The summed E-state index contributed by atoms with van der Waals surface area (Å²) in [7, 11) is 0. The van der Waals surface area contributed by atoms with Crippen molar-refractivity contribution in [2.75, 3.05) is 18.8 Å². The van der Waals surface area contributed by atoms with Gasteiger partial charge in [0.15, 0.2) is 0 Å². The number of piperidine rings is 1. The van der Waals surface area contributed by atoms with Gasteiger partial charge in [0.25, 0.3) is 0 Å². The van der Waals surface area contributed by atoms with Gasteiger partial charge in [-0.2, -0.15) is 0 Å². The van der Waals surface area contributed by atoms with Gasteiger partial charge in [-0.3, -0.25) is 4.79 Å². The van der Waals surface area contributed by atoms with E-state index < -0.39 is 12.0 Å². The van der Waals surface area contributed by atoms with Gasteiger partial charge < -0.3 is 15.3 Å². The van der Waals surface area contributed by atoms with Gasteiger partial charge in [-0.05, 0) is 26.3 Å². The first-order chi connectivity index (χ1) is 8.11. The van der Waals surface area contributed by atoms with Crippen LogP contribution in [0.25, 0.3) is 0 Å². The van der Waals surface area contributed by atoms with Crippen molar-refractivity contribution in [1.82, 2.24) is 10.2 Å². The van der Waals surface area contributed by atoms with Gasteiger partial charge in [0.2, 0.25) is 5.91 Å². The van der Waals surface area contributed by atoms with Crippen LogP contribution in [0, 0.1) is 5.92 Å². The zero-order valence-electron chi connectivity index (χ0n) is 9.89. The predicted molar refractivity (Wildman–Crippen MR) is 65.8 cm³/mol. The molecular weight excluding hydrogens is 240 g/mol. The van der Waals surface area contributed by atoms with Crippen LogP contribution in [0.2, 0.25) is 0 Å². The average Bonchev–Trinajstić information content (AvgIpc) is 2.71. The summed E-state index contributed by atoms with van der Waals surface area (Å²) < 4.78 is 0. The molecule has 96 valence electrons. The minimum atomic E-state index is -0.890. The second-order valence-corrected chi connectivity index (χ2v) is 5.92. The fourth-order valence-corrected chi connectivity index (χ4v) is 3.62. The molecule has 2 fully saturated rings. The SMILES string of the molecule is CC1SCC(C(=O)O)N1C(=O)C1CCCNC1. The average molecular weight is 258 g/mol. The minimum Gasteiger partial charge on any atom is -0.480 e. The Hall–Kier alpha value is -0.750. The first kappa shape index (κ1) is 12.7. The van der Waals surface area contributed by atoms with Crippen LogP contribution in [-0.2, 0) is 9.59 Å². The van der Waals surface area contributed by atoms with Crippen LogP contribution in [0.15, 0.2) is 0 Å². The number of hydrogen-bond donors (Lipinski definition) is 2. The molecule has 2 aliphatic rings. The van der Waals surface area contributed by atoms with E-state index in [1.807, 2.05) is 6.92 Å². The third kappa shape index (κ3) is 2.57. The molecule has 3 atom stereocenters. The number of carboxylic acids is 1. The van der Waals surface area contributed by atoms with E-state index in [1.54, 1.807) is 4.90 Å². The number of aliphatic carboxylic acids is 1. The van der Waals surface area contributed by atoms with Crippen molar-refractivity contribution in [3.8, 4) is 0 Å². The van der Waals surface area contributed by atoms with Crippen LogP contribution in [0.3, 0.4) is 0 Å². The Balaban J connectivity index is 2.07. The summed E-state index contributed by atoms with van der Waals surface area (Å²) in [6, 6.07) is -0.649. The lowest BCUT2D eigenvalue weighted by Crippen LogP contribution is -2.50. The number of nitrogens with zero attached hydrogens (tertiary/aromatic N) is 1. The molecular formula is C11H18N2O3S. The maximum absolute atomic E-state index is 12.3. The number of thioether (sulfide) groups is 1. The van der Waals surface area contributed by atoms with Crippen molar-refractivity contribution in [2.45, 2.75) is 31.2 Å². The molecule has 2 aliphatic heterocycles. The van der Waals surface area contributed by atoms with Crippen molar-refractivity contribution in [3.05, 3.63) is 0 Å². The van der Waals surface area contributed by atoms with E-state index in [0.29, 0.717) is 12.3 Å². The van der Waals surface area contributed by atoms with E-state index >= 15 is 0 Å². The Morgan fingerprint density at radius 2 is 2.24 bits per heavy atom. The molecule has 3 unspecified atom stereocenters. The Morgan fingerprint density at radius 3 is 2.82 bits per heavy atom. The standard InChI is InChI=1S/C11H18N2O3S/c1-7-13(9(6-17-7)11(15)16)10(14)8-3-2-4-12-5-8/h7-9,12H,2-6H2,1H3,(H,15,16). The third-order valence-corrected chi connectivity index (χ3v) is 4.63. The van der Waals surface area contributed by atoms with Crippen molar-refractivity contribution in [2.24, 2.45) is 5.92 Å². The van der Waals surface area contributed by atoms with E-state index in [4.69, 9.17) is 5.11 Å². The Bertz CT molecular complexity index is 318.